The number of esters is 3. The Labute approximate surface area is 197 Å². The number of hydrogen-bond acceptors (Lipinski definition) is 10. The molecule has 0 bridgehead atoms. The van der Waals surface area contributed by atoms with Crippen LogP contribution in [0.5, 0.6) is 0 Å². The molecule has 0 amide bonds. The summed E-state index contributed by atoms with van der Waals surface area (Å²) in [5.74, 6) is -2.55. The van der Waals surface area contributed by atoms with Gasteiger partial charge in [0.2, 0.25) is 0 Å². The fraction of sp³-hybridized carbons (Fsp3) is 0.792. The van der Waals surface area contributed by atoms with Crippen LogP contribution in [0, 0.1) is 11.3 Å². The molecule has 10 nitrogen and oxygen atoms in total. The van der Waals surface area contributed by atoms with E-state index in [1.165, 1.54) is 13.8 Å². The molecule has 0 aromatic carbocycles. The number of aliphatic hydroxyl groups is 2. The third kappa shape index (κ3) is 2.85. The minimum Gasteiger partial charge on any atom is -0.462 e. The lowest BCUT2D eigenvalue weighted by Crippen LogP contribution is -2.67. The van der Waals surface area contributed by atoms with Crippen molar-refractivity contribution in [2.45, 2.75) is 108 Å². The van der Waals surface area contributed by atoms with Gasteiger partial charge in [0, 0.05) is 38.0 Å². The van der Waals surface area contributed by atoms with Crippen molar-refractivity contribution in [2.75, 3.05) is 0 Å². The van der Waals surface area contributed by atoms with Gasteiger partial charge in [0.25, 0.3) is 0 Å². The highest BCUT2D eigenvalue weighted by molar-refractivity contribution is 5.89. The Morgan fingerprint density at radius 3 is 2.32 bits per heavy atom. The van der Waals surface area contributed by atoms with E-state index in [-0.39, 0.29) is 12.5 Å². The van der Waals surface area contributed by atoms with Gasteiger partial charge < -0.3 is 33.9 Å². The van der Waals surface area contributed by atoms with Crippen LogP contribution >= 0.6 is 0 Å². The van der Waals surface area contributed by atoms with E-state index >= 15 is 0 Å². The van der Waals surface area contributed by atoms with E-state index in [1.807, 2.05) is 6.92 Å². The molecule has 1 saturated carbocycles. The van der Waals surface area contributed by atoms with Crippen LogP contribution in [-0.4, -0.2) is 81.5 Å². The van der Waals surface area contributed by atoms with Crippen molar-refractivity contribution in [1.82, 2.24) is 0 Å². The smallest absolute Gasteiger partial charge is 0.342 e. The van der Waals surface area contributed by atoms with Gasteiger partial charge in [0.15, 0.2) is 17.3 Å². The molecule has 0 aromatic heterocycles. The minimum atomic E-state index is -1.39. The number of carbonyl (C=O) groups is 3. The van der Waals surface area contributed by atoms with E-state index in [1.54, 1.807) is 26.8 Å². The van der Waals surface area contributed by atoms with Crippen LogP contribution in [-0.2, 0) is 38.1 Å². The number of epoxide rings is 2. The van der Waals surface area contributed by atoms with Crippen LogP contribution in [0.4, 0.5) is 0 Å². The molecule has 0 aromatic rings. The number of carbonyl (C=O) groups excluding carboxylic acids is 3. The third-order valence-electron chi connectivity index (χ3n) is 8.84. The normalized spacial score (nSPS) is 54.6. The van der Waals surface area contributed by atoms with Crippen LogP contribution in [0.2, 0.25) is 0 Å². The molecule has 0 radical (unpaired) electrons. The maximum atomic E-state index is 12.7. The molecule has 34 heavy (non-hydrogen) atoms. The fourth-order valence-electron chi connectivity index (χ4n) is 7.05. The van der Waals surface area contributed by atoms with Crippen LogP contribution in [0.1, 0.15) is 54.4 Å². The van der Waals surface area contributed by atoms with E-state index in [9.17, 15) is 24.6 Å². The maximum Gasteiger partial charge on any atom is 0.342 e. The molecule has 2 aliphatic carbocycles. The van der Waals surface area contributed by atoms with Crippen LogP contribution in [0.3, 0.4) is 0 Å². The van der Waals surface area contributed by atoms with Gasteiger partial charge >= 0.3 is 17.9 Å². The quantitative estimate of drug-likeness (QED) is 0.249. The summed E-state index contributed by atoms with van der Waals surface area (Å²) in [6.45, 7) is 9.42. The van der Waals surface area contributed by atoms with Crippen molar-refractivity contribution in [2.24, 2.45) is 11.3 Å². The van der Waals surface area contributed by atoms with Gasteiger partial charge in [-0.3, -0.25) is 9.59 Å². The second-order valence-corrected chi connectivity index (χ2v) is 11.0. The topological polar surface area (TPSA) is 144 Å². The van der Waals surface area contributed by atoms with E-state index in [2.05, 4.69) is 0 Å². The Kier molecular flexibility index (Phi) is 4.90. The van der Waals surface area contributed by atoms with Crippen molar-refractivity contribution in [3.63, 3.8) is 0 Å². The molecule has 0 unspecified atom stereocenters. The zero-order chi connectivity index (χ0) is 25.0. The highest BCUT2D eigenvalue weighted by Gasteiger charge is 2.88. The highest BCUT2D eigenvalue weighted by Crippen LogP contribution is 2.68. The average Bonchev–Trinajstić information content (AvgIpc) is 3.55. The van der Waals surface area contributed by atoms with Crippen LogP contribution < -0.4 is 0 Å². The summed E-state index contributed by atoms with van der Waals surface area (Å²) in [6, 6.07) is 0. The summed E-state index contributed by atoms with van der Waals surface area (Å²) < 4.78 is 28.9. The third-order valence-corrected chi connectivity index (χ3v) is 8.84. The lowest BCUT2D eigenvalue weighted by atomic mass is 9.53. The van der Waals surface area contributed by atoms with Gasteiger partial charge in [-0.1, -0.05) is 12.5 Å². The fourth-order valence-corrected chi connectivity index (χ4v) is 7.05. The second-order valence-electron chi connectivity index (χ2n) is 11.0. The summed E-state index contributed by atoms with van der Waals surface area (Å²) in [6.07, 6.45) is -3.58. The molecule has 188 valence electrons. The van der Waals surface area contributed by atoms with Gasteiger partial charge in [-0.2, -0.15) is 0 Å². The van der Waals surface area contributed by atoms with Gasteiger partial charge in [-0.05, 0) is 26.8 Å². The van der Waals surface area contributed by atoms with Crippen molar-refractivity contribution in [3.8, 4) is 0 Å². The Balaban J connectivity index is 1.71. The number of fused-ring (bicyclic) bond motifs is 3. The van der Waals surface area contributed by atoms with Crippen LogP contribution in [0.25, 0.3) is 0 Å². The maximum absolute atomic E-state index is 12.7. The Bertz CT molecular complexity index is 992. The van der Waals surface area contributed by atoms with Crippen molar-refractivity contribution < 1.29 is 48.3 Å². The molecular formula is C24H32O10. The summed E-state index contributed by atoms with van der Waals surface area (Å²) in [5.41, 5.74) is -4.26. The molecule has 3 heterocycles. The predicted molar refractivity (Wildman–Crippen MR) is 113 cm³/mol. The standard InChI is InChI=1S/C24H32O10/c1-10-7-13(30-11(2)25)18(27)21(4)14(31-12(3)26)9-15-22(5,33-15)17(21)19(28)24-16(8-10)32-20(29)23(24,6)34-24/h8,13-19,27-28H,7,9H2,1-6H3/b10-8-/t13-,14+,15-,16+,17-,18+,19+,21+,22-,23+,24+/m1/s1. The molecule has 5 rings (SSSR count). The first-order valence-electron chi connectivity index (χ1n) is 11.7. The first-order chi connectivity index (χ1) is 15.7. The average molecular weight is 481 g/mol. The number of rotatable bonds is 2. The first-order valence-corrected chi connectivity index (χ1v) is 11.7. The van der Waals surface area contributed by atoms with Crippen molar-refractivity contribution in [3.05, 3.63) is 11.6 Å². The number of ether oxygens (including phenoxy) is 5. The first kappa shape index (κ1) is 23.7. The molecule has 5 aliphatic rings. The largest absolute Gasteiger partial charge is 0.462 e. The summed E-state index contributed by atoms with van der Waals surface area (Å²) in [4.78, 5) is 36.8. The zero-order valence-corrected chi connectivity index (χ0v) is 20.2. The van der Waals surface area contributed by atoms with Crippen molar-refractivity contribution >= 4 is 17.9 Å². The lowest BCUT2D eigenvalue weighted by molar-refractivity contribution is -0.214. The van der Waals surface area contributed by atoms with E-state index in [0.717, 1.165) is 0 Å². The van der Waals surface area contributed by atoms with Crippen molar-refractivity contribution in [1.29, 1.82) is 0 Å². The van der Waals surface area contributed by atoms with Crippen LogP contribution in [0.15, 0.2) is 11.6 Å². The second kappa shape index (κ2) is 7.02. The highest BCUT2D eigenvalue weighted by atomic mass is 16.7. The van der Waals surface area contributed by atoms with E-state index in [0.29, 0.717) is 12.0 Å². The zero-order valence-electron chi connectivity index (χ0n) is 20.2. The molecular weight excluding hydrogens is 448 g/mol. The SMILES string of the molecule is CC(=O)O[C@H]1C[C@H]2O[C@@]2(C)[C@@H]2[C@H](O)[C@]34O[C@@]3(C)C(=O)O[C@H]4/C=C(/C)C[C@@H](OC(C)=O)[C@H](O)[C@@]12C. The van der Waals surface area contributed by atoms with E-state index < -0.39 is 76.6 Å². The van der Waals surface area contributed by atoms with E-state index in [4.69, 9.17) is 23.7 Å². The Hall–Kier alpha value is -2.01. The summed E-state index contributed by atoms with van der Waals surface area (Å²) in [7, 11) is 0. The Morgan fingerprint density at radius 2 is 1.74 bits per heavy atom. The summed E-state index contributed by atoms with van der Waals surface area (Å²) >= 11 is 0. The molecule has 3 saturated heterocycles. The molecule has 4 fully saturated rings. The number of aliphatic hydroxyl groups excluding tert-OH is 2. The van der Waals surface area contributed by atoms with Gasteiger partial charge in [-0.25, -0.2) is 4.79 Å². The lowest BCUT2D eigenvalue weighted by Gasteiger charge is -2.53. The van der Waals surface area contributed by atoms with Gasteiger partial charge in [0.05, 0.1) is 17.8 Å². The molecule has 3 aliphatic heterocycles. The minimum absolute atomic E-state index is 0.147. The number of hydrogen-bond donors (Lipinski definition) is 2. The molecule has 11 atom stereocenters. The molecule has 10 heteroatoms. The van der Waals surface area contributed by atoms with Gasteiger partial charge in [-0.15, -0.1) is 0 Å². The Morgan fingerprint density at radius 1 is 1.09 bits per heavy atom. The molecule has 1 spiro atoms. The van der Waals surface area contributed by atoms with Gasteiger partial charge in [0.1, 0.15) is 18.3 Å². The molecule has 2 N–H and O–H groups in total. The summed E-state index contributed by atoms with van der Waals surface area (Å²) in [5, 5.41) is 23.8. The predicted octanol–water partition coefficient (Wildman–Crippen LogP) is 0.558. The monoisotopic (exact) mass is 480 g/mol.